The third-order valence-corrected chi connectivity index (χ3v) is 2.77. The normalized spacial score (nSPS) is 21.0. The second kappa shape index (κ2) is 3.75. The first kappa shape index (κ1) is 9.74. The summed E-state index contributed by atoms with van der Waals surface area (Å²) in [6.07, 6.45) is 0.475. The van der Waals surface area contributed by atoms with Crippen molar-refractivity contribution in [3.63, 3.8) is 0 Å². The number of rotatable bonds is 1. The van der Waals surface area contributed by atoms with Gasteiger partial charge in [0, 0.05) is 18.9 Å². The molecule has 5 heteroatoms. The van der Waals surface area contributed by atoms with Crippen LogP contribution in [0.5, 0.6) is 0 Å². The molecule has 1 aromatic heterocycles. The minimum Gasteiger partial charge on any atom is -0.355 e. The van der Waals surface area contributed by atoms with Crippen LogP contribution in [0.2, 0.25) is 10.3 Å². The lowest BCUT2D eigenvalue weighted by Crippen LogP contribution is -2.13. The van der Waals surface area contributed by atoms with Crippen molar-refractivity contribution in [1.29, 1.82) is 0 Å². The minimum absolute atomic E-state index is 0.0565. The molecule has 14 heavy (non-hydrogen) atoms. The highest BCUT2D eigenvalue weighted by Crippen LogP contribution is 2.28. The molecule has 0 aliphatic carbocycles. The van der Waals surface area contributed by atoms with Gasteiger partial charge in [0.15, 0.2) is 0 Å². The van der Waals surface area contributed by atoms with Gasteiger partial charge in [-0.15, -0.1) is 0 Å². The molecule has 0 radical (unpaired) electrons. The average Bonchev–Trinajstić information content (AvgIpc) is 2.51. The fraction of sp³-hybridized carbons (Fsp3) is 0.333. The molecule has 1 aliphatic rings. The first-order valence-electron chi connectivity index (χ1n) is 4.25. The predicted octanol–water partition coefficient (Wildman–Crippen LogP) is 1.99. The number of hydrogen-bond donors (Lipinski definition) is 1. The highest BCUT2D eigenvalue weighted by molar-refractivity contribution is 6.32. The van der Waals surface area contributed by atoms with E-state index in [2.05, 4.69) is 10.3 Å². The SMILES string of the molecule is O=C1CC(c2ccc(Cl)nc2Cl)CN1. The van der Waals surface area contributed by atoms with Gasteiger partial charge in [-0.2, -0.15) is 0 Å². The fourth-order valence-corrected chi connectivity index (χ4v) is 2.05. The van der Waals surface area contributed by atoms with Crippen LogP contribution in [-0.2, 0) is 4.79 Å². The molecule has 1 saturated heterocycles. The van der Waals surface area contributed by atoms with Crippen molar-refractivity contribution in [1.82, 2.24) is 10.3 Å². The van der Waals surface area contributed by atoms with Crippen molar-refractivity contribution in [2.45, 2.75) is 12.3 Å². The molecule has 1 amide bonds. The van der Waals surface area contributed by atoms with Crippen molar-refractivity contribution in [2.24, 2.45) is 0 Å². The van der Waals surface area contributed by atoms with Gasteiger partial charge >= 0.3 is 0 Å². The molecule has 0 bridgehead atoms. The van der Waals surface area contributed by atoms with E-state index in [1.807, 2.05) is 6.07 Å². The van der Waals surface area contributed by atoms with E-state index in [0.717, 1.165) is 5.56 Å². The maximum atomic E-state index is 11.0. The highest BCUT2D eigenvalue weighted by Gasteiger charge is 2.25. The van der Waals surface area contributed by atoms with Crippen LogP contribution in [0.25, 0.3) is 0 Å². The quantitative estimate of drug-likeness (QED) is 0.751. The Hall–Kier alpha value is -0.800. The maximum absolute atomic E-state index is 11.0. The van der Waals surface area contributed by atoms with E-state index in [1.165, 1.54) is 0 Å². The molecule has 2 heterocycles. The van der Waals surface area contributed by atoms with Crippen molar-refractivity contribution in [2.75, 3.05) is 6.54 Å². The second-order valence-corrected chi connectivity index (χ2v) is 3.96. The molecule has 1 atom stereocenters. The molecule has 1 fully saturated rings. The molecular formula is C9H8Cl2N2O. The Balaban J connectivity index is 2.28. The lowest BCUT2D eigenvalue weighted by molar-refractivity contribution is -0.119. The van der Waals surface area contributed by atoms with Gasteiger partial charge in [0.1, 0.15) is 10.3 Å². The third-order valence-electron chi connectivity index (χ3n) is 2.26. The molecule has 0 saturated carbocycles. The zero-order valence-corrected chi connectivity index (χ0v) is 8.77. The summed E-state index contributed by atoms with van der Waals surface area (Å²) in [6, 6.07) is 3.51. The Morgan fingerprint density at radius 3 is 2.79 bits per heavy atom. The number of hydrogen-bond acceptors (Lipinski definition) is 2. The second-order valence-electron chi connectivity index (χ2n) is 3.22. The number of halogens is 2. The first-order valence-corrected chi connectivity index (χ1v) is 5.01. The number of aromatic nitrogens is 1. The Bertz CT molecular complexity index is 381. The van der Waals surface area contributed by atoms with E-state index in [9.17, 15) is 4.79 Å². The number of nitrogens with one attached hydrogen (secondary N) is 1. The molecule has 74 valence electrons. The van der Waals surface area contributed by atoms with Crippen LogP contribution in [-0.4, -0.2) is 17.4 Å². The highest BCUT2D eigenvalue weighted by atomic mass is 35.5. The van der Waals surface area contributed by atoms with Gasteiger partial charge in [0.2, 0.25) is 5.91 Å². The molecule has 1 aromatic rings. The van der Waals surface area contributed by atoms with E-state index in [-0.39, 0.29) is 11.8 Å². The van der Waals surface area contributed by atoms with E-state index < -0.39 is 0 Å². The van der Waals surface area contributed by atoms with Gasteiger partial charge in [0.25, 0.3) is 0 Å². The zero-order chi connectivity index (χ0) is 10.1. The van der Waals surface area contributed by atoms with Crippen LogP contribution in [0, 0.1) is 0 Å². The van der Waals surface area contributed by atoms with E-state index in [0.29, 0.717) is 23.3 Å². The van der Waals surface area contributed by atoms with Crippen LogP contribution >= 0.6 is 23.2 Å². The van der Waals surface area contributed by atoms with Gasteiger partial charge < -0.3 is 5.32 Å². The maximum Gasteiger partial charge on any atom is 0.220 e. The molecule has 3 nitrogen and oxygen atoms in total. The van der Waals surface area contributed by atoms with Gasteiger partial charge in [-0.3, -0.25) is 4.79 Å². The zero-order valence-electron chi connectivity index (χ0n) is 7.26. The lowest BCUT2D eigenvalue weighted by Gasteiger charge is -2.08. The van der Waals surface area contributed by atoms with Crippen molar-refractivity contribution < 1.29 is 4.79 Å². The Morgan fingerprint density at radius 2 is 2.21 bits per heavy atom. The monoisotopic (exact) mass is 230 g/mol. The van der Waals surface area contributed by atoms with Crippen molar-refractivity contribution >= 4 is 29.1 Å². The summed E-state index contributed by atoms with van der Waals surface area (Å²) in [6.45, 7) is 0.627. The largest absolute Gasteiger partial charge is 0.355 e. The lowest BCUT2D eigenvalue weighted by atomic mass is 10.0. The predicted molar refractivity (Wildman–Crippen MR) is 54.6 cm³/mol. The summed E-state index contributed by atoms with van der Waals surface area (Å²) in [7, 11) is 0. The minimum atomic E-state index is 0.0565. The number of pyridine rings is 1. The summed E-state index contributed by atoms with van der Waals surface area (Å²) < 4.78 is 0. The summed E-state index contributed by atoms with van der Waals surface area (Å²) >= 11 is 11.6. The van der Waals surface area contributed by atoms with Gasteiger partial charge in [0.05, 0.1) is 0 Å². The smallest absolute Gasteiger partial charge is 0.220 e. The molecule has 1 N–H and O–H groups in total. The van der Waals surface area contributed by atoms with Crippen LogP contribution < -0.4 is 5.32 Å². The van der Waals surface area contributed by atoms with Crippen molar-refractivity contribution in [3.8, 4) is 0 Å². The number of carbonyl (C=O) groups excluding carboxylic acids is 1. The van der Waals surface area contributed by atoms with E-state index in [1.54, 1.807) is 6.07 Å². The van der Waals surface area contributed by atoms with Gasteiger partial charge in [-0.05, 0) is 11.6 Å². The first-order chi connectivity index (χ1) is 6.66. The molecule has 1 unspecified atom stereocenters. The number of carbonyl (C=O) groups is 1. The Labute approximate surface area is 91.4 Å². The van der Waals surface area contributed by atoms with Crippen LogP contribution in [0.3, 0.4) is 0 Å². The molecular weight excluding hydrogens is 223 g/mol. The van der Waals surface area contributed by atoms with Crippen LogP contribution in [0.4, 0.5) is 0 Å². The Morgan fingerprint density at radius 1 is 1.43 bits per heavy atom. The fourth-order valence-electron chi connectivity index (χ4n) is 1.55. The summed E-state index contributed by atoms with van der Waals surface area (Å²) in [5.41, 5.74) is 0.884. The topological polar surface area (TPSA) is 42.0 Å². The third kappa shape index (κ3) is 1.83. The van der Waals surface area contributed by atoms with Crippen molar-refractivity contribution in [3.05, 3.63) is 28.0 Å². The Kier molecular flexibility index (Phi) is 2.61. The van der Waals surface area contributed by atoms with Crippen LogP contribution in [0.15, 0.2) is 12.1 Å². The molecule has 2 rings (SSSR count). The van der Waals surface area contributed by atoms with Gasteiger partial charge in [-0.1, -0.05) is 29.3 Å². The standard InChI is InChI=1S/C9H8Cl2N2O/c10-7-2-1-6(9(11)13-7)5-3-8(14)12-4-5/h1-2,5H,3-4H2,(H,12,14). The molecule has 0 spiro atoms. The summed E-state index contributed by atoms with van der Waals surface area (Å²) in [5, 5.41) is 3.51. The van der Waals surface area contributed by atoms with E-state index >= 15 is 0 Å². The van der Waals surface area contributed by atoms with Crippen LogP contribution in [0.1, 0.15) is 17.9 Å². The number of nitrogens with zero attached hydrogens (tertiary/aromatic N) is 1. The molecule has 1 aliphatic heterocycles. The van der Waals surface area contributed by atoms with Gasteiger partial charge in [-0.25, -0.2) is 4.98 Å². The molecule has 0 aromatic carbocycles. The van der Waals surface area contributed by atoms with E-state index in [4.69, 9.17) is 23.2 Å². The summed E-state index contributed by atoms with van der Waals surface area (Å²) in [5.74, 6) is 0.181. The summed E-state index contributed by atoms with van der Waals surface area (Å²) in [4.78, 5) is 14.9. The average molecular weight is 231 g/mol. The number of amides is 1.